The van der Waals surface area contributed by atoms with Crippen molar-refractivity contribution in [1.29, 1.82) is 0 Å². The lowest BCUT2D eigenvalue weighted by Gasteiger charge is -2.29. The van der Waals surface area contributed by atoms with Gasteiger partial charge in [0.2, 0.25) is 5.82 Å². The molecule has 0 saturated heterocycles. The second-order valence-corrected chi connectivity index (χ2v) is 8.51. The second-order valence-electron chi connectivity index (χ2n) is 8.51. The summed E-state index contributed by atoms with van der Waals surface area (Å²) in [6.07, 6.45) is 3.29. The number of hydrogen-bond donors (Lipinski definition) is 1. The van der Waals surface area contributed by atoms with Gasteiger partial charge < -0.3 is 14.6 Å². The fourth-order valence-corrected chi connectivity index (χ4v) is 4.47. The lowest BCUT2D eigenvalue weighted by atomic mass is 9.79. The standard InChI is InChI=1S/C27H27F3O3/c1-32-21-10-11-22(24(28)14-21)19-8-4-18(5-9-19)16-33-25-13-12-23(26(29)27(25)30)20-6-2-17(15-31)3-7-20/h2-3,6-7,10-14,18-19,31H,4-5,8-9,15-16H2,1H3. The highest BCUT2D eigenvalue weighted by molar-refractivity contribution is 5.65. The predicted molar refractivity (Wildman–Crippen MR) is 121 cm³/mol. The van der Waals surface area contributed by atoms with Crippen molar-refractivity contribution in [3.05, 3.63) is 83.2 Å². The molecule has 33 heavy (non-hydrogen) atoms. The zero-order valence-electron chi connectivity index (χ0n) is 18.5. The first kappa shape index (κ1) is 23.2. The van der Waals surface area contributed by atoms with Gasteiger partial charge in [0.15, 0.2) is 11.6 Å². The van der Waals surface area contributed by atoms with Gasteiger partial charge in [-0.05, 0) is 72.4 Å². The first-order valence-corrected chi connectivity index (χ1v) is 11.1. The molecule has 1 aliphatic rings. The molecule has 3 nitrogen and oxygen atoms in total. The molecule has 0 aliphatic heterocycles. The van der Waals surface area contributed by atoms with Crippen LogP contribution in [-0.2, 0) is 6.61 Å². The van der Waals surface area contributed by atoms with E-state index in [1.54, 1.807) is 36.4 Å². The first-order chi connectivity index (χ1) is 16.0. The van der Waals surface area contributed by atoms with Crippen molar-refractivity contribution in [3.8, 4) is 22.6 Å². The SMILES string of the molecule is COc1ccc(C2CCC(COc3ccc(-c4ccc(CO)cc4)c(F)c3F)CC2)c(F)c1. The summed E-state index contributed by atoms with van der Waals surface area (Å²) in [6, 6.07) is 14.6. The maximum atomic E-state index is 14.7. The molecule has 1 fully saturated rings. The molecule has 174 valence electrons. The molecule has 3 aromatic carbocycles. The largest absolute Gasteiger partial charge is 0.497 e. The van der Waals surface area contributed by atoms with Crippen LogP contribution in [0.25, 0.3) is 11.1 Å². The second kappa shape index (κ2) is 10.3. The zero-order valence-corrected chi connectivity index (χ0v) is 18.5. The van der Waals surface area contributed by atoms with E-state index in [1.807, 2.05) is 0 Å². The van der Waals surface area contributed by atoms with Crippen molar-refractivity contribution in [2.45, 2.75) is 38.2 Å². The summed E-state index contributed by atoms with van der Waals surface area (Å²) in [5.41, 5.74) is 2.07. The fourth-order valence-electron chi connectivity index (χ4n) is 4.47. The highest BCUT2D eigenvalue weighted by Crippen LogP contribution is 2.38. The van der Waals surface area contributed by atoms with Gasteiger partial charge in [-0.1, -0.05) is 30.3 Å². The smallest absolute Gasteiger partial charge is 0.201 e. The van der Waals surface area contributed by atoms with E-state index in [4.69, 9.17) is 14.6 Å². The highest BCUT2D eigenvalue weighted by Gasteiger charge is 2.25. The van der Waals surface area contributed by atoms with E-state index in [0.717, 1.165) is 25.7 Å². The number of methoxy groups -OCH3 is 1. The third-order valence-corrected chi connectivity index (χ3v) is 6.46. The van der Waals surface area contributed by atoms with E-state index in [-0.39, 0.29) is 35.6 Å². The minimum atomic E-state index is -1.01. The van der Waals surface area contributed by atoms with Crippen LogP contribution in [0.15, 0.2) is 54.6 Å². The van der Waals surface area contributed by atoms with Crippen molar-refractivity contribution in [3.63, 3.8) is 0 Å². The van der Waals surface area contributed by atoms with Crippen LogP contribution >= 0.6 is 0 Å². The lowest BCUT2D eigenvalue weighted by Crippen LogP contribution is -2.20. The maximum absolute atomic E-state index is 14.7. The van der Waals surface area contributed by atoms with Gasteiger partial charge in [-0.15, -0.1) is 0 Å². The van der Waals surface area contributed by atoms with Crippen LogP contribution in [0.3, 0.4) is 0 Å². The Morgan fingerprint density at radius 2 is 1.61 bits per heavy atom. The molecule has 1 N–H and O–H groups in total. The lowest BCUT2D eigenvalue weighted by molar-refractivity contribution is 0.192. The predicted octanol–water partition coefficient (Wildman–Crippen LogP) is 6.62. The first-order valence-electron chi connectivity index (χ1n) is 11.1. The molecule has 0 aromatic heterocycles. The quantitative estimate of drug-likeness (QED) is 0.434. The van der Waals surface area contributed by atoms with Crippen LogP contribution in [0.1, 0.15) is 42.7 Å². The minimum Gasteiger partial charge on any atom is -0.497 e. The molecule has 0 unspecified atom stereocenters. The van der Waals surface area contributed by atoms with Crippen molar-refractivity contribution < 1.29 is 27.8 Å². The molecule has 0 heterocycles. The van der Waals surface area contributed by atoms with Gasteiger partial charge in [0.25, 0.3) is 0 Å². The number of rotatable bonds is 7. The fraction of sp³-hybridized carbons (Fsp3) is 0.333. The zero-order chi connectivity index (χ0) is 23.4. The van der Waals surface area contributed by atoms with E-state index in [0.29, 0.717) is 29.0 Å². The van der Waals surface area contributed by atoms with Gasteiger partial charge in [-0.2, -0.15) is 4.39 Å². The van der Waals surface area contributed by atoms with Gasteiger partial charge in [0, 0.05) is 11.6 Å². The number of aliphatic hydroxyl groups is 1. The molecular weight excluding hydrogens is 429 g/mol. The van der Waals surface area contributed by atoms with E-state index < -0.39 is 11.6 Å². The van der Waals surface area contributed by atoms with Gasteiger partial charge in [0.1, 0.15) is 11.6 Å². The molecule has 4 rings (SSSR count). The Kier molecular flexibility index (Phi) is 7.23. The monoisotopic (exact) mass is 456 g/mol. The summed E-state index contributed by atoms with van der Waals surface area (Å²) in [7, 11) is 1.51. The summed E-state index contributed by atoms with van der Waals surface area (Å²) < 4.78 is 54.4. The highest BCUT2D eigenvalue weighted by atomic mass is 19.2. The van der Waals surface area contributed by atoms with Gasteiger partial charge in [-0.3, -0.25) is 0 Å². The average Bonchev–Trinajstić information content (AvgIpc) is 2.85. The van der Waals surface area contributed by atoms with Crippen molar-refractivity contribution in [2.75, 3.05) is 13.7 Å². The Labute approximate surface area is 191 Å². The van der Waals surface area contributed by atoms with E-state index in [1.165, 1.54) is 25.3 Å². The van der Waals surface area contributed by atoms with Crippen LogP contribution in [0.2, 0.25) is 0 Å². The third-order valence-electron chi connectivity index (χ3n) is 6.46. The minimum absolute atomic E-state index is 0.105. The number of hydrogen-bond acceptors (Lipinski definition) is 3. The Bertz CT molecular complexity index is 1090. The molecule has 0 bridgehead atoms. The van der Waals surface area contributed by atoms with E-state index >= 15 is 0 Å². The molecular formula is C27H27F3O3. The maximum Gasteiger partial charge on any atom is 0.201 e. The Balaban J connectivity index is 1.35. The summed E-state index contributed by atoms with van der Waals surface area (Å²) >= 11 is 0. The van der Waals surface area contributed by atoms with E-state index in [9.17, 15) is 13.2 Å². The molecule has 0 radical (unpaired) electrons. The molecule has 6 heteroatoms. The van der Waals surface area contributed by atoms with Crippen LogP contribution in [-0.4, -0.2) is 18.8 Å². The Morgan fingerprint density at radius 1 is 0.879 bits per heavy atom. The van der Waals surface area contributed by atoms with Crippen LogP contribution in [0.5, 0.6) is 11.5 Å². The molecule has 0 amide bonds. The molecule has 0 atom stereocenters. The Morgan fingerprint density at radius 3 is 2.24 bits per heavy atom. The van der Waals surface area contributed by atoms with Gasteiger partial charge in [0.05, 0.1) is 20.3 Å². The number of benzene rings is 3. The summed E-state index contributed by atoms with van der Waals surface area (Å²) in [5, 5.41) is 9.13. The van der Waals surface area contributed by atoms with Crippen molar-refractivity contribution in [2.24, 2.45) is 5.92 Å². The molecule has 3 aromatic rings. The number of halogens is 3. The molecule has 1 aliphatic carbocycles. The number of aliphatic hydroxyl groups excluding tert-OH is 1. The number of ether oxygens (including phenoxy) is 2. The molecule has 0 spiro atoms. The van der Waals surface area contributed by atoms with E-state index in [2.05, 4.69) is 0 Å². The summed E-state index contributed by atoms with van der Waals surface area (Å²) in [5.74, 6) is -1.48. The average molecular weight is 457 g/mol. The third kappa shape index (κ3) is 5.17. The van der Waals surface area contributed by atoms with Crippen LogP contribution in [0, 0.1) is 23.4 Å². The van der Waals surface area contributed by atoms with Gasteiger partial charge >= 0.3 is 0 Å². The summed E-state index contributed by atoms with van der Waals surface area (Å²) in [6.45, 7) is 0.180. The van der Waals surface area contributed by atoms with Crippen molar-refractivity contribution >= 4 is 0 Å². The topological polar surface area (TPSA) is 38.7 Å². The normalized spacial score (nSPS) is 18.2. The van der Waals surface area contributed by atoms with Gasteiger partial charge in [-0.25, -0.2) is 8.78 Å². The van der Waals surface area contributed by atoms with Crippen LogP contribution in [0.4, 0.5) is 13.2 Å². The van der Waals surface area contributed by atoms with Crippen LogP contribution < -0.4 is 9.47 Å². The Hall–Kier alpha value is -2.99. The van der Waals surface area contributed by atoms with Crippen molar-refractivity contribution in [1.82, 2.24) is 0 Å². The molecule has 1 saturated carbocycles. The summed E-state index contributed by atoms with van der Waals surface area (Å²) in [4.78, 5) is 0.